The van der Waals surface area contributed by atoms with Crippen molar-refractivity contribution in [1.29, 1.82) is 0 Å². The molecule has 2 aromatic rings. The second kappa shape index (κ2) is 4.35. The van der Waals surface area contributed by atoms with Crippen molar-refractivity contribution in [3.8, 4) is 11.3 Å². The van der Waals surface area contributed by atoms with Crippen molar-refractivity contribution in [2.75, 3.05) is 0 Å². The molecule has 0 bridgehead atoms. The maximum atomic E-state index is 5.87. The molecule has 0 saturated heterocycles. The summed E-state index contributed by atoms with van der Waals surface area (Å²) in [5.41, 5.74) is 7.91. The molecule has 0 saturated carbocycles. The van der Waals surface area contributed by atoms with Gasteiger partial charge in [-0.15, -0.1) is 11.3 Å². The van der Waals surface area contributed by atoms with Gasteiger partial charge in [-0.2, -0.15) is 0 Å². The number of nitrogens with zero attached hydrogens (tertiary/aromatic N) is 1. The first-order valence-corrected chi connectivity index (χ1v) is 6.01. The van der Waals surface area contributed by atoms with Crippen molar-refractivity contribution in [2.45, 2.75) is 19.4 Å². The van der Waals surface area contributed by atoms with Crippen molar-refractivity contribution < 1.29 is 0 Å². The molecule has 0 aliphatic carbocycles. The quantitative estimate of drug-likeness (QED) is 0.867. The Labute approximate surface area is 97.3 Å². The lowest BCUT2D eigenvalue weighted by Crippen LogP contribution is -2.10. The van der Waals surface area contributed by atoms with E-state index in [1.165, 1.54) is 11.3 Å². The minimum absolute atomic E-state index is 0.0205. The molecule has 15 heavy (non-hydrogen) atoms. The Kier molecular flexibility index (Phi) is 3.09. The molecule has 5 heteroatoms. The van der Waals surface area contributed by atoms with Crippen LogP contribution in [0.25, 0.3) is 11.3 Å². The fraction of sp³-hybridized carbons (Fsp3) is 0.300. The smallest absolute Gasteiger partial charge is 0.123 e. The van der Waals surface area contributed by atoms with Gasteiger partial charge in [-0.25, -0.2) is 4.98 Å². The molecule has 1 atom stereocenters. The van der Waals surface area contributed by atoms with Crippen molar-refractivity contribution in [3.63, 3.8) is 0 Å². The van der Waals surface area contributed by atoms with Gasteiger partial charge in [0, 0.05) is 10.9 Å². The summed E-state index contributed by atoms with van der Waals surface area (Å²) in [5.74, 6) is 0.829. The first kappa shape index (κ1) is 10.7. The fourth-order valence-corrected chi connectivity index (χ4v) is 2.20. The van der Waals surface area contributed by atoms with Crippen LogP contribution in [-0.4, -0.2) is 9.97 Å². The van der Waals surface area contributed by atoms with E-state index in [1.807, 2.05) is 18.4 Å². The van der Waals surface area contributed by atoms with Gasteiger partial charge in [0.1, 0.15) is 5.82 Å². The Bertz CT molecular complexity index is 449. The Morgan fingerprint density at radius 3 is 3.07 bits per heavy atom. The highest BCUT2D eigenvalue weighted by molar-refractivity contribution is 7.14. The number of H-pyrrole nitrogens is 1. The summed E-state index contributed by atoms with van der Waals surface area (Å²) < 4.78 is 0.779. The lowest BCUT2D eigenvalue weighted by Gasteiger charge is -2.02. The second-order valence-corrected chi connectivity index (χ2v) is 4.88. The van der Waals surface area contributed by atoms with Crippen molar-refractivity contribution in [1.82, 2.24) is 9.97 Å². The van der Waals surface area contributed by atoms with Crippen LogP contribution in [0.5, 0.6) is 0 Å². The molecule has 3 nitrogen and oxygen atoms in total. The Hall–Kier alpha value is -0.840. The summed E-state index contributed by atoms with van der Waals surface area (Å²) in [6.07, 6.45) is 2.67. The first-order chi connectivity index (χ1) is 7.20. The zero-order valence-corrected chi connectivity index (χ0v) is 9.90. The molecular formula is C10H12ClN3S. The summed E-state index contributed by atoms with van der Waals surface area (Å²) >= 11 is 7.38. The lowest BCUT2D eigenvalue weighted by molar-refractivity contribution is 0.658. The number of aromatic amines is 1. The topological polar surface area (TPSA) is 54.7 Å². The van der Waals surface area contributed by atoms with E-state index in [2.05, 4.69) is 9.97 Å². The molecule has 0 aliphatic rings. The van der Waals surface area contributed by atoms with E-state index in [0.29, 0.717) is 0 Å². The molecule has 2 aromatic heterocycles. The van der Waals surface area contributed by atoms with Crippen LogP contribution in [0, 0.1) is 0 Å². The molecule has 1 unspecified atom stereocenters. The molecule has 3 N–H and O–H groups in total. The average Bonchev–Trinajstić information content (AvgIpc) is 2.84. The maximum Gasteiger partial charge on any atom is 0.123 e. The highest BCUT2D eigenvalue weighted by Gasteiger charge is 2.09. The summed E-state index contributed by atoms with van der Waals surface area (Å²) in [4.78, 5) is 7.46. The van der Waals surface area contributed by atoms with Crippen LogP contribution in [0.4, 0.5) is 0 Å². The van der Waals surface area contributed by atoms with Crippen LogP contribution in [0.3, 0.4) is 0 Å². The predicted molar refractivity (Wildman–Crippen MR) is 64.1 cm³/mol. The number of halogens is 1. The molecule has 0 aromatic carbocycles. The third-order valence-electron chi connectivity index (χ3n) is 2.26. The number of aromatic nitrogens is 2. The number of nitrogens with two attached hydrogens (primary N) is 1. The van der Waals surface area contributed by atoms with Crippen molar-refractivity contribution in [2.24, 2.45) is 5.73 Å². The number of imidazole rings is 1. The van der Waals surface area contributed by atoms with Crippen LogP contribution in [0.15, 0.2) is 17.6 Å². The molecule has 2 rings (SSSR count). The summed E-state index contributed by atoms with van der Waals surface area (Å²) in [5, 5.41) is 2.00. The highest BCUT2D eigenvalue weighted by Crippen LogP contribution is 2.28. The monoisotopic (exact) mass is 241 g/mol. The standard InChI is InChI=1S/C10H12ClN3S/c1-2-7(12)10-13-4-8(14-10)6-3-9(11)15-5-6/h3-5,7H,2,12H2,1H3,(H,13,14). The number of hydrogen-bond donors (Lipinski definition) is 2. The largest absolute Gasteiger partial charge is 0.341 e. The molecular weight excluding hydrogens is 230 g/mol. The van der Waals surface area contributed by atoms with E-state index in [0.717, 1.165) is 27.8 Å². The first-order valence-electron chi connectivity index (χ1n) is 4.75. The van der Waals surface area contributed by atoms with Crippen LogP contribution in [-0.2, 0) is 0 Å². The van der Waals surface area contributed by atoms with Gasteiger partial charge >= 0.3 is 0 Å². The Morgan fingerprint density at radius 2 is 2.47 bits per heavy atom. The average molecular weight is 242 g/mol. The lowest BCUT2D eigenvalue weighted by atomic mass is 10.2. The van der Waals surface area contributed by atoms with Gasteiger partial charge in [0.15, 0.2) is 0 Å². The second-order valence-electron chi connectivity index (χ2n) is 3.34. The summed E-state index contributed by atoms with van der Waals surface area (Å²) in [7, 11) is 0. The zero-order valence-electron chi connectivity index (χ0n) is 8.33. The molecule has 0 spiro atoms. The van der Waals surface area contributed by atoms with Crippen LogP contribution < -0.4 is 5.73 Å². The molecule has 0 radical (unpaired) electrons. The molecule has 80 valence electrons. The van der Waals surface area contributed by atoms with Crippen molar-refractivity contribution in [3.05, 3.63) is 27.8 Å². The zero-order chi connectivity index (χ0) is 10.8. The third-order valence-corrected chi connectivity index (χ3v) is 3.36. The summed E-state index contributed by atoms with van der Waals surface area (Å²) in [6.45, 7) is 2.04. The number of thiophene rings is 1. The minimum atomic E-state index is -0.0205. The Morgan fingerprint density at radius 1 is 1.67 bits per heavy atom. The van der Waals surface area contributed by atoms with Crippen molar-refractivity contribution >= 4 is 22.9 Å². The van der Waals surface area contributed by atoms with Crippen LogP contribution >= 0.6 is 22.9 Å². The van der Waals surface area contributed by atoms with Gasteiger partial charge < -0.3 is 10.7 Å². The third kappa shape index (κ3) is 2.22. The van der Waals surface area contributed by atoms with Crippen LogP contribution in [0.2, 0.25) is 4.34 Å². The van der Waals surface area contributed by atoms with E-state index >= 15 is 0 Å². The van der Waals surface area contributed by atoms with Gasteiger partial charge in [-0.3, -0.25) is 0 Å². The van der Waals surface area contributed by atoms with E-state index in [4.69, 9.17) is 17.3 Å². The van der Waals surface area contributed by atoms with Gasteiger partial charge in [-0.05, 0) is 12.5 Å². The Balaban J connectivity index is 2.27. The highest BCUT2D eigenvalue weighted by atomic mass is 35.5. The minimum Gasteiger partial charge on any atom is -0.341 e. The van der Waals surface area contributed by atoms with E-state index < -0.39 is 0 Å². The van der Waals surface area contributed by atoms with E-state index in [-0.39, 0.29) is 6.04 Å². The van der Waals surface area contributed by atoms with E-state index in [9.17, 15) is 0 Å². The SMILES string of the molecule is CCC(N)c1ncc(-c2csc(Cl)c2)[nH]1. The van der Waals surface area contributed by atoms with Crippen LogP contribution in [0.1, 0.15) is 25.2 Å². The van der Waals surface area contributed by atoms with E-state index in [1.54, 1.807) is 6.20 Å². The maximum absolute atomic E-state index is 5.87. The molecule has 0 aliphatic heterocycles. The molecule has 2 heterocycles. The summed E-state index contributed by atoms with van der Waals surface area (Å²) in [6, 6.07) is 1.90. The number of nitrogens with one attached hydrogen (secondary N) is 1. The van der Waals surface area contributed by atoms with Gasteiger partial charge in [0.25, 0.3) is 0 Å². The van der Waals surface area contributed by atoms with Gasteiger partial charge in [-0.1, -0.05) is 18.5 Å². The number of hydrogen-bond acceptors (Lipinski definition) is 3. The number of rotatable bonds is 3. The predicted octanol–water partition coefficient (Wildman–Crippen LogP) is 3.20. The molecule has 0 fully saturated rings. The fourth-order valence-electron chi connectivity index (χ4n) is 1.32. The molecule has 0 amide bonds. The van der Waals surface area contributed by atoms with Gasteiger partial charge in [0.2, 0.25) is 0 Å². The van der Waals surface area contributed by atoms with Gasteiger partial charge in [0.05, 0.1) is 22.3 Å². The normalized spacial score (nSPS) is 13.0.